The monoisotopic (exact) mass is 485 g/mol. The number of nitrogens with two attached hydrogens (primary N) is 1. The number of primary amides is 1. The second-order valence-corrected chi connectivity index (χ2v) is 9.48. The van der Waals surface area contributed by atoms with Crippen LogP contribution in [-0.4, -0.2) is 55.8 Å². The van der Waals surface area contributed by atoms with Gasteiger partial charge in [0.2, 0.25) is 0 Å². The van der Waals surface area contributed by atoms with Crippen LogP contribution >= 0.6 is 11.6 Å². The highest BCUT2D eigenvalue weighted by Crippen LogP contribution is 2.39. The maximum absolute atomic E-state index is 13.7. The number of aliphatic hydroxyl groups is 1. The molecule has 1 fully saturated rings. The number of alkyl halides is 2. The zero-order valence-electron chi connectivity index (χ0n) is 17.9. The number of aromatic nitrogens is 2. The zero-order chi connectivity index (χ0) is 24.3. The highest BCUT2D eigenvalue weighted by atomic mass is 35.5. The van der Waals surface area contributed by atoms with Crippen molar-refractivity contribution >= 4 is 23.5 Å². The minimum Gasteiger partial charge on any atom is -0.388 e. The molecule has 12 heteroatoms. The SMILES string of the molecule is CC(C)(O)C1CN(C(=O)NC2CC(F)(F)C2)Cc2c(C(N)=O)c(-c3ccc(F)c(Cl)c3)nn21. The van der Waals surface area contributed by atoms with Gasteiger partial charge in [-0.15, -0.1) is 0 Å². The van der Waals surface area contributed by atoms with E-state index in [0.717, 1.165) is 6.07 Å². The molecule has 1 unspecified atom stereocenters. The summed E-state index contributed by atoms with van der Waals surface area (Å²) in [5.41, 5.74) is 5.00. The number of hydrogen-bond acceptors (Lipinski definition) is 4. The molecule has 1 atom stereocenters. The molecular formula is C21H23ClF3N5O3. The van der Waals surface area contributed by atoms with E-state index in [1.165, 1.54) is 35.6 Å². The first-order valence-electron chi connectivity index (χ1n) is 10.3. The van der Waals surface area contributed by atoms with Gasteiger partial charge >= 0.3 is 6.03 Å². The summed E-state index contributed by atoms with van der Waals surface area (Å²) in [6.45, 7) is 2.96. The van der Waals surface area contributed by atoms with Gasteiger partial charge in [0.05, 0.1) is 34.5 Å². The second-order valence-electron chi connectivity index (χ2n) is 9.07. The maximum Gasteiger partial charge on any atom is 0.318 e. The van der Waals surface area contributed by atoms with Gasteiger partial charge in [-0.1, -0.05) is 11.6 Å². The molecule has 0 radical (unpaired) electrons. The normalized spacial score (nSPS) is 20.2. The molecule has 4 rings (SSSR count). The Bertz CT molecular complexity index is 1120. The molecule has 1 saturated carbocycles. The number of amides is 3. The van der Waals surface area contributed by atoms with Crippen LogP contribution < -0.4 is 11.1 Å². The summed E-state index contributed by atoms with van der Waals surface area (Å²) in [5, 5.41) is 17.7. The average molecular weight is 486 g/mol. The number of hydrogen-bond donors (Lipinski definition) is 3. The van der Waals surface area contributed by atoms with Gasteiger partial charge in [0.25, 0.3) is 11.8 Å². The van der Waals surface area contributed by atoms with Crippen LogP contribution in [0.4, 0.5) is 18.0 Å². The molecule has 2 aliphatic rings. The van der Waals surface area contributed by atoms with E-state index in [0.29, 0.717) is 5.56 Å². The van der Waals surface area contributed by atoms with E-state index in [9.17, 15) is 27.9 Å². The Morgan fingerprint density at radius 3 is 2.55 bits per heavy atom. The summed E-state index contributed by atoms with van der Waals surface area (Å²) in [6, 6.07) is 1.78. The van der Waals surface area contributed by atoms with Gasteiger partial charge < -0.3 is 21.1 Å². The molecule has 1 aromatic carbocycles. The van der Waals surface area contributed by atoms with Crippen LogP contribution in [0, 0.1) is 5.82 Å². The van der Waals surface area contributed by atoms with Crippen molar-refractivity contribution in [2.45, 2.75) is 56.8 Å². The fourth-order valence-corrected chi connectivity index (χ4v) is 4.40. The molecule has 1 aliphatic heterocycles. The third-order valence-electron chi connectivity index (χ3n) is 6.00. The zero-order valence-corrected chi connectivity index (χ0v) is 18.7. The molecule has 8 nitrogen and oxygen atoms in total. The Kier molecular flexibility index (Phi) is 5.60. The number of urea groups is 1. The smallest absolute Gasteiger partial charge is 0.318 e. The first-order valence-corrected chi connectivity index (χ1v) is 10.7. The Hall–Kier alpha value is -2.79. The highest BCUT2D eigenvalue weighted by molar-refractivity contribution is 6.31. The van der Waals surface area contributed by atoms with Crippen LogP contribution in [0.5, 0.6) is 0 Å². The van der Waals surface area contributed by atoms with Crippen molar-refractivity contribution in [3.8, 4) is 11.3 Å². The van der Waals surface area contributed by atoms with Crippen LogP contribution in [0.2, 0.25) is 5.02 Å². The number of rotatable bonds is 4. The quantitative estimate of drug-likeness (QED) is 0.617. The number of nitrogens with one attached hydrogen (secondary N) is 1. The molecule has 1 aliphatic carbocycles. The minimum atomic E-state index is -2.79. The number of carbonyl (C=O) groups is 2. The Morgan fingerprint density at radius 2 is 2.00 bits per heavy atom. The first-order chi connectivity index (χ1) is 15.3. The van der Waals surface area contributed by atoms with Gasteiger partial charge in [-0.25, -0.2) is 18.0 Å². The van der Waals surface area contributed by atoms with Crippen molar-refractivity contribution in [3.63, 3.8) is 0 Å². The largest absolute Gasteiger partial charge is 0.388 e. The minimum absolute atomic E-state index is 0.000368. The molecule has 33 heavy (non-hydrogen) atoms. The fraction of sp³-hybridized carbons (Fsp3) is 0.476. The summed E-state index contributed by atoms with van der Waals surface area (Å²) in [5.74, 6) is -4.27. The predicted molar refractivity (Wildman–Crippen MR) is 113 cm³/mol. The number of halogens is 4. The van der Waals surface area contributed by atoms with Crippen LogP contribution in [0.25, 0.3) is 11.3 Å². The third-order valence-corrected chi connectivity index (χ3v) is 6.29. The van der Waals surface area contributed by atoms with Crippen LogP contribution in [0.1, 0.15) is 48.8 Å². The van der Waals surface area contributed by atoms with Crippen molar-refractivity contribution in [2.24, 2.45) is 5.73 Å². The van der Waals surface area contributed by atoms with Crippen LogP contribution in [-0.2, 0) is 6.54 Å². The van der Waals surface area contributed by atoms with Gasteiger partial charge in [-0.3, -0.25) is 9.48 Å². The van der Waals surface area contributed by atoms with E-state index in [1.807, 2.05) is 0 Å². The number of nitrogens with zero attached hydrogens (tertiary/aromatic N) is 3. The van der Waals surface area contributed by atoms with Crippen molar-refractivity contribution in [2.75, 3.05) is 6.54 Å². The molecule has 2 aromatic rings. The Balaban J connectivity index is 1.74. The van der Waals surface area contributed by atoms with Crippen molar-refractivity contribution in [3.05, 3.63) is 40.3 Å². The molecule has 0 saturated heterocycles. The van der Waals surface area contributed by atoms with Gasteiger partial charge in [-0.2, -0.15) is 5.10 Å². The number of fused-ring (bicyclic) bond motifs is 1. The standard InChI is InChI=1S/C21H23ClF3N5O3/c1-20(2,33)15-9-29(19(32)27-11-6-21(24,25)7-11)8-14-16(18(26)31)17(28-30(14)15)10-3-4-13(23)12(22)5-10/h3-5,11,15,33H,6-9H2,1-2H3,(H2,26,31)(H,27,32). The van der Waals surface area contributed by atoms with Gasteiger partial charge in [0.1, 0.15) is 11.5 Å². The van der Waals surface area contributed by atoms with Gasteiger partial charge in [0, 0.05) is 31.0 Å². The lowest BCUT2D eigenvalue weighted by molar-refractivity contribution is -0.0906. The second kappa shape index (κ2) is 7.91. The summed E-state index contributed by atoms with van der Waals surface area (Å²) < 4.78 is 41.4. The van der Waals surface area contributed by atoms with E-state index in [2.05, 4.69) is 10.4 Å². The summed E-state index contributed by atoms with van der Waals surface area (Å²) in [6.07, 6.45) is -0.886. The number of benzene rings is 1. The summed E-state index contributed by atoms with van der Waals surface area (Å²) >= 11 is 5.90. The lowest BCUT2D eigenvalue weighted by atomic mass is 9.88. The molecule has 0 spiro atoms. The molecule has 0 bridgehead atoms. The van der Waals surface area contributed by atoms with E-state index in [1.54, 1.807) is 0 Å². The first kappa shape index (κ1) is 23.4. The van der Waals surface area contributed by atoms with Crippen LogP contribution in [0.3, 0.4) is 0 Å². The lowest BCUT2D eigenvalue weighted by Crippen LogP contribution is -2.56. The number of carbonyl (C=O) groups excluding carboxylic acids is 2. The van der Waals surface area contributed by atoms with Crippen molar-refractivity contribution in [1.82, 2.24) is 20.0 Å². The summed E-state index contributed by atoms with van der Waals surface area (Å²) in [4.78, 5) is 26.6. The molecule has 178 valence electrons. The van der Waals surface area contributed by atoms with E-state index in [4.69, 9.17) is 17.3 Å². The van der Waals surface area contributed by atoms with E-state index in [-0.39, 0.29) is 35.1 Å². The van der Waals surface area contributed by atoms with Gasteiger partial charge in [0.15, 0.2) is 0 Å². The Morgan fingerprint density at radius 1 is 1.33 bits per heavy atom. The maximum atomic E-state index is 13.7. The molecule has 4 N–H and O–H groups in total. The highest BCUT2D eigenvalue weighted by Gasteiger charge is 2.47. The fourth-order valence-electron chi connectivity index (χ4n) is 4.22. The molecule has 1 aromatic heterocycles. The van der Waals surface area contributed by atoms with Crippen molar-refractivity contribution in [1.29, 1.82) is 0 Å². The molecule has 2 heterocycles. The van der Waals surface area contributed by atoms with Crippen molar-refractivity contribution < 1.29 is 27.9 Å². The van der Waals surface area contributed by atoms with E-state index >= 15 is 0 Å². The molecule has 3 amide bonds. The third kappa shape index (κ3) is 4.39. The molecular weight excluding hydrogens is 463 g/mol. The van der Waals surface area contributed by atoms with Gasteiger partial charge in [-0.05, 0) is 32.0 Å². The lowest BCUT2D eigenvalue weighted by Gasteiger charge is -2.41. The predicted octanol–water partition coefficient (Wildman–Crippen LogP) is 3.08. The average Bonchev–Trinajstić information content (AvgIpc) is 3.06. The van der Waals surface area contributed by atoms with E-state index < -0.39 is 54.2 Å². The Labute approximate surface area is 192 Å². The van der Waals surface area contributed by atoms with Crippen LogP contribution in [0.15, 0.2) is 18.2 Å². The topological polar surface area (TPSA) is 113 Å². The summed E-state index contributed by atoms with van der Waals surface area (Å²) in [7, 11) is 0.